The van der Waals surface area contributed by atoms with E-state index in [4.69, 9.17) is 16.1 Å². The molecule has 0 N–H and O–H groups in total. The van der Waals surface area contributed by atoms with Crippen molar-refractivity contribution in [3.63, 3.8) is 0 Å². The molecular weight excluding hydrogens is 410 g/mol. The predicted octanol–water partition coefficient (Wildman–Crippen LogP) is 4.48. The number of nitrogens with zero attached hydrogens (tertiary/aromatic N) is 3. The number of rotatable bonds is 4. The van der Waals surface area contributed by atoms with Crippen molar-refractivity contribution in [2.45, 2.75) is 37.0 Å². The number of hydrogen-bond donors (Lipinski definition) is 0. The minimum absolute atomic E-state index is 0.0250. The Morgan fingerprint density at radius 2 is 1.79 bits per heavy atom. The number of sulfonamides is 1. The molecule has 152 valence electrons. The number of aromatic nitrogens is 2. The van der Waals surface area contributed by atoms with Crippen molar-refractivity contribution < 1.29 is 12.9 Å². The molecular formula is C21H22ClN3O3S. The summed E-state index contributed by atoms with van der Waals surface area (Å²) in [5.74, 6) is 0.773. The van der Waals surface area contributed by atoms with Gasteiger partial charge in [-0.15, -0.1) is 0 Å². The van der Waals surface area contributed by atoms with Crippen LogP contribution in [0.25, 0.3) is 11.4 Å². The van der Waals surface area contributed by atoms with Gasteiger partial charge in [0.1, 0.15) is 0 Å². The van der Waals surface area contributed by atoms with Crippen LogP contribution in [0, 0.1) is 0 Å². The topological polar surface area (TPSA) is 76.3 Å². The first-order valence-corrected chi connectivity index (χ1v) is 11.2. The maximum Gasteiger partial charge on any atom is 0.243 e. The summed E-state index contributed by atoms with van der Waals surface area (Å²) in [6, 6.07) is 14.3. The lowest BCUT2D eigenvalue weighted by Crippen LogP contribution is -2.48. The maximum atomic E-state index is 12.9. The van der Waals surface area contributed by atoms with Crippen molar-refractivity contribution in [3.05, 3.63) is 65.0 Å². The van der Waals surface area contributed by atoms with E-state index in [1.807, 2.05) is 24.3 Å². The Hall–Kier alpha value is -2.22. The molecule has 4 rings (SSSR count). The van der Waals surface area contributed by atoms with Crippen molar-refractivity contribution in [3.8, 4) is 11.4 Å². The van der Waals surface area contributed by atoms with Crippen LogP contribution in [0.3, 0.4) is 0 Å². The molecule has 0 saturated carbocycles. The first kappa shape index (κ1) is 20.1. The van der Waals surface area contributed by atoms with Gasteiger partial charge in [-0.05, 0) is 35.2 Å². The highest BCUT2D eigenvalue weighted by Crippen LogP contribution is 2.33. The zero-order valence-corrected chi connectivity index (χ0v) is 18.0. The predicted molar refractivity (Wildman–Crippen MR) is 111 cm³/mol. The molecule has 0 unspecified atom stereocenters. The standard InChI is InChI=1S/C21H22ClN3O3S/c1-21(2,3)16-7-9-18(10-8-16)29(26,27)25-12-15(13-25)20-23-19(24-28-20)14-5-4-6-17(22)11-14/h4-11,15H,12-13H2,1-3H3. The summed E-state index contributed by atoms with van der Waals surface area (Å²) >= 11 is 6.01. The average molecular weight is 432 g/mol. The Balaban J connectivity index is 1.45. The van der Waals surface area contributed by atoms with Crippen LogP contribution < -0.4 is 0 Å². The Kier molecular flexibility index (Phi) is 5.01. The van der Waals surface area contributed by atoms with E-state index in [9.17, 15) is 8.42 Å². The Labute approximate surface area is 175 Å². The largest absolute Gasteiger partial charge is 0.339 e. The molecule has 0 radical (unpaired) electrons. The Morgan fingerprint density at radius 1 is 1.10 bits per heavy atom. The minimum Gasteiger partial charge on any atom is -0.339 e. The fraction of sp³-hybridized carbons (Fsp3) is 0.333. The van der Waals surface area contributed by atoms with E-state index >= 15 is 0 Å². The summed E-state index contributed by atoms with van der Waals surface area (Å²) in [5.41, 5.74) is 1.83. The molecule has 29 heavy (non-hydrogen) atoms. The molecule has 1 saturated heterocycles. The molecule has 1 fully saturated rings. The third-order valence-corrected chi connectivity index (χ3v) is 7.16. The number of halogens is 1. The van der Waals surface area contributed by atoms with E-state index in [-0.39, 0.29) is 11.3 Å². The molecule has 2 heterocycles. The van der Waals surface area contributed by atoms with Gasteiger partial charge >= 0.3 is 0 Å². The zero-order chi connectivity index (χ0) is 20.8. The molecule has 2 aromatic carbocycles. The Bertz CT molecular complexity index is 1130. The highest BCUT2D eigenvalue weighted by Gasteiger charge is 2.40. The molecule has 0 amide bonds. The molecule has 8 heteroatoms. The molecule has 0 aliphatic carbocycles. The lowest BCUT2D eigenvalue weighted by Gasteiger charge is -2.35. The third-order valence-electron chi connectivity index (χ3n) is 5.08. The molecule has 1 aromatic heterocycles. The van der Waals surface area contributed by atoms with Crippen LogP contribution in [0.4, 0.5) is 0 Å². The van der Waals surface area contributed by atoms with Crippen molar-refractivity contribution in [1.29, 1.82) is 0 Å². The van der Waals surface area contributed by atoms with Crippen molar-refractivity contribution in [2.75, 3.05) is 13.1 Å². The van der Waals surface area contributed by atoms with Gasteiger partial charge in [-0.1, -0.05) is 61.8 Å². The lowest BCUT2D eigenvalue weighted by atomic mass is 9.87. The first-order chi connectivity index (χ1) is 13.6. The molecule has 0 atom stereocenters. The zero-order valence-electron chi connectivity index (χ0n) is 16.5. The molecule has 0 spiro atoms. The van der Waals surface area contributed by atoms with Crippen LogP contribution in [0.2, 0.25) is 5.02 Å². The summed E-state index contributed by atoms with van der Waals surface area (Å²) in [7, 11) is -3.53. The second-order valence-electron chi connectivity index (χ2n) is 8.26. The maximum absolute atomic E-state index is 12.9. The van der Waals surface area contributed by atoms with Gasteiger partial charge in [0.15, 0.2) is 0 Å². The van der Waals surface area contributed by atoms with Crippen LogP contribution >= 0.6 is 11.6 Å². The average Bonchev–Trinajstić information content (AvgIpc) is 3.09. The lowest BCUT2D eigenvalue weighted by molar-refractivity contribution is 0.217. The molecule has 1 aliphatic heterocycles. The van der Waals surface area contributed by atoms with E-state index in [0.717, 1.165) is 11.1 Å². The van der Waals surface area contributed by atoms with Gasteiger partial charge in [0.25, 0.3) is 0 Å². The number of benzene rings is 2. The quantitative estimate of drug-likeness (QED) is 0.608. The first-order valence-electron chi connectivity index (χ1n) is 9.35. The molecule has 3 aromatic rings. The second kappa shape index (κ2) is 7.23. The minimum atomic E-state index is -3.53. The summed E-state index contributed by atoms with van der Waals surface area (Å²) in [4.78, 5) is 4.71. The van der Waals surface area contributed by atoms with Gasteiger partial charge in [0, 0.05) is 23.7 Å². The van der Waals surface area contributed by atoms with Crippen LogP contribution in [0.5, 0.6) is 0 Å². The number of hydrogen-bond acceptors (Lipinski definition) is 5. The van der Waals surface area contributed by atoms with Gasteiger partial charge < -0.3 is 4.52 Å². The van der Waals surface area contributed by atoms with E-state index in [1.54, 1.807) is 24.3 Å². The second-order valence-corrected chi connectivity index (χ2v) is 10.6. The van der Waals surface area contributed by atoms with E-state index < -0.39 is 10.0 Å². The summed E-state index contributed by atoms with van der Waals surface area (Å²) < 4.78 is 32.5. The van der Waals surface area contributed by atoms with E-state index in [2.05, 4.69) is 30.9 Å². The van der Waals surface area contributed by atoms with Crippen LogP contribution in [-0.4, -0.2) is 36.0 Å². The fourth-order valence-corrected chi connectivity index (χ4v) is 4.93. The molecule has 0 bridgehead atoms. The van der Waals surface area contributed by atoms with Gasteiger partial charge in [0.2, 0.25) is 21.7 Å². The fourth-order valence-electron chi connectivity index (χ4n) is 3.21. The van der Waals surface area contributed by atoms with Gasteiger partial charge in [-0.25, -0.2) is 8.42 Å². The molecule has 1 aliphatic rings. The van der Waals surface area contributed by atoms with Crippen molar-refractivity contribution >= 4 is 21.6 Å². The highest BCUT2D eigenvalue weighted by molar-refractivity contribution is 7.89. The Morgan fingerprint density at radius 3 is 2.41 bits per heavy atom. The highest BCUT2D eigenvalue weighted by atomic mass is 35.5. The van der Waals surface area contributed by atoms with Gasteiger partial charge in [-0.2, -0.15) is 9.29 Å². The van der Waals surface area contributed by atoms with E-state index in [1.165, 1.54) is 4.31 Å². The van der Waals surface area contributed by atoms with Gasteiger partial charge in [-0.3, -0.25) is 0 Å². The smallest absolute Gasteiger partial charge is 0.243 e. The van der Waals surface area contributed by atoms with E-state index in [0.29, 0.717) is 34.7 Å². The summed E-state index contributed by atoms with van der Waals surface area (Å²) in [6.07, 6.45) is 0. The third kappa shape index (κ3) is 3.95. The van der Waals surface area contributed by atoms with Gasteiger partial charge in [0.05, 0.1) is 10.8 Å². The summed E-state index contributed by atoms with van der Waals surface area (Å²) in [6.45, 7) is 6.93. The van der Waals surface area contributed by atoms with Crippen molar-refractivity contribution in [1.82, 2.24) is 14.4 Å². The van der Waals surface area contributed by atoms with Crippen LogP contribution in [0.1, 0.15) is 38.1 Å². The van der Waals surface area contributed by atoms with Crippen LogP contribution in [0.15, 0.2) is 57.9 Å². The molecule has 6 nitrogen and oxygen atoms in total. The van der Waals surface area contributed by atoms with Crippen molar-refractivity contribution in [2.24, 2.45) is 0 Å². The monoisotopic (exact) mass is 431 g/mol. The SMILES string of the molecule is CC(C)(C)c1ccc(S(=O)(=O)N2CC(c3nc(-c4cccc(Cl)c4)no3)C2)cc1. The van der Waals surface area contributed by atoms with Crippen LogP contribution in [-0.2, 0) is 15.4 Å². The summed E-state index contributed by atoms with van der Waals surface area (Å²) in [5, 5.41) is 4.59. The normalized spacial score (nSPS) is 16.0.